The Hall–Kier alpha value is -4.78. The molecule has 7 heteroatoms. The molecule has 178 valence electrons. The van der Waals surface area contributed by atoms with Crippen LogP contribution in [-0.2, 0) is 16.1 Å². The van der Waals surface area contributed by atoms with Gasteiger partial charge in [0.25, 0.3) is 5.91 Å². The van der Waals surface area contributed by atoms with Gasteiger partial charge in [0.05, 0.1) is 22.8 Å². The van der Waals surface area contributed by atoms with E-state index in [0.29, 0.717) is 34.5 Å². The Balaban J connectivity index is 1.36. The maximum atomic E-state index is 13.1. The highest BCUT2D eigenvalue weighted by Gasteiger charge is 2.19. The highest BCUT2D eigenvalue weighted by atomic mass is 16.5. The molecule has 5 aromatic rings. The van der Waals surface area contributed by atoms with E-state index in [4.69, 9.17) is 9.72 Å². The first-order valence-electron chi connectivity index (χ1n) is 11.7. The number of pyridine rings is 1. The fraction of sp³-hybridized carbons (Fsp3) is 0.103. The van der Waals surface area contributed by atoms with Crippen molar-refractivity contribution >= 4 is 28.6 Å². The van der Waals surface area contributed by atoms with E-state index in [2.05, 4.69) is 10.4 Å². The zero-order chi connectivity index (χ0) is 24.9. The number of esters is 1. The van der Waals surface area contributed by atoms with Crippen LogP contribution in [0.1, 0.15) is 17.3 Å². The van der Waals surface area contributed by atoms with Gasteiger partial charge < -0.3 is 10.1 Å². The molecule has 0 atom stereocenters. The molecule has 1 N–H and O–H groups in total. The molecule has 0 saturated carbocycles. The number of para-hydroxylation sites is 1. The van der Waals surface area contributed by atoms with Crippen LogP contribution in [0.15, 0.2) is 97.2 Å². The topological polar surface area (TPSA) is 86.1 Å². The molecular weight excluding hydrogens is 452 g/mol. The average Bonchev–Trinajstić information content (AvgIpc) is 3.35. The van der Waals surface area contributed by atoms with Gasteiger partial charge in [-0.25, -0.2) is 14.5 Å². The molecule has 2 aromatic heterocycles. The maximum absolute atomic E-state index is 13.1. The molecule has 0 saturated heterocycles. The van der Waals surface area contributed by atoms with Crippen LogP contribution in [0.25, 0.3) is 33.4 Å². The van der Waals surface area contributed by atoms with Gasteiger partial charge in [-0.3, -0.25) is 4.79 Å². The van der Waals surface area contributed by atoms with Crippen LogP contribution in [0.5, 0.6) is 0 Å². The summed E-state index contributed by atoms with van der Waals surface area (Å²) in [5.74, 6) is -1.04. The van der Waals surface area contributed by atoms with Gasteiger partial charge in [0, 0.05) is 23.4 Å². The SMILES string of the molecule is CCn1ncc2c(C(=O)OCC(=O)Nc3ccccc3-c3ccccc3)cc(-c3ccccc3)nc21. The lowest BCUT2D eigenvalue weighted by Gasteiger charge is -2.12. The second-order valence-corrected chi connectivity index (χ2v) is 8.15. The number of ether oxygens (including phenoxy) is 1. The van der Waals surface area contributed by atoms with Crippen molar-refractivity contribution < 1.29 is 14.3 Å². The smallest absolute Gasteiger partial charge is 0.339 e. The summed E-state index contributed by atoms with van der Waals surface area (Å²) in [7, 11) is 0. The van der Waals surface area contributed by atoms with Crippen LogP contribution in [-0.4, -0.2) is 33.2 Å². The molecule has 0 radical (unpaired) electrons. The summed E-state index contributed by atoms with van der Waals surface area (Å²) in [6.45, 7) is 2.14. The molecule has 2 heterocycles. The Morgan fingerprint density at radius 1 is 0.889 bits per heavy atom. The number of hydrogen-bond donors (Lipinski definition) is 1. The number of fused-ring (bicyclic) bond motifs is 1. The van der Waals surface area contributed by atoms with Crippen molar-refractivity contribution in [2.75, 3.05) is 11.9 Å². The van der Waals surface area contributed by atoms with Gasteiger partial charge >= 0.3 is 5.97 Å². The number of aromatic nitrogens is 3. The van der Waals surface area contributed by atoms with Gasteiger partial charge in [-0.15, -0.1) is 0 Å². The summed E-state index contributed by atoms with van der Waals surface area (Å²) in [5.41, 5.74) is 4.91. The highest BCUT2D eigenvalue weighted by Crippen LogP contribution is 2.28. The molecule has 0 aliphatic heterocycles. The summed E-state index contributed by atoms with van der Waals surface area (Å²) in [6, 6.07) is 28.5. The second-order valence-electron chi connectivity index (χ2n) is 8.15. The van der Waals surface area contributed by atoms with Crippen LogP contribution >= 0.6 is 0 Å². The van der Waals surface area contributed by atoms with Gasteiger partial charge in [0.2, 0.25) is 0 Å². The fourth-order valence-electron chi connectivity index (χ4n) is 4.06. The van der Waals surface area contributed by atoms with Crippen LogP contribution in [0.2, 0.25) is 0 Å². The van der Waals surface area contributed by atoms with E-state index >= 15 is 0 Å². The number of amides is 1. The summed E-state index contributed by atoms with van der Waals surface area (Å²) < 4.78 is 7.16. The highest BCUT2D eigenvalue weighted by molar-refractivity contribution is 6.05. The predicted molar refractivity (Wildman–Crippen MR) is 139 cm³/mol. The average molecular weight is 477 g/mol. The molecule has 0 spiro atoms. The second kappa shape index (κ2) is 10.2. The summed E-state index contributed by atoms with van der Waals surface area (Å²) in [5, 5.41) is 7.79. The lowest BCUT2D eigenvalue weighted by atomic mass is 10.0. The van der Waals surface area contributed by atoms with Crippen LogP contribution in [0, 0.1) is 0 Å². The van der Waals surface area contributed by atoms with E-state index in [1.54, 1.807) is 16.9 Å². The van der Waals surface area contributed by atoms with E-state index in [9.17, 15) is 9.59 Å². The number of carbonyl (C=O) groups excluding carboxylic acids is 2. The Bertz CT molecular complexity index is 1530. The molecule has 7 nitrogen and oxygen atoms in total. The summed E-state index contributed by atoms with van der Waals surface area (Å²) in [6.07, 6.45) is 1.60. The lowest BCUT2D eigenvalue weighted by Crippen LogP contribution is -2.21. The van der Waals surface area contributed by atoms with E-state index in [1.165, 1.54) is 0 Å². The standard InChI is InChI=1S/C29H24N4O3/c1-2-33-28-24(18-30-33)23(17-26(32-28)21-13-7-4-8-14-21)29(35)36-19-27(34)31-25-16-10-9-15-22(25)20-11-5-3-6-12-20/h3-18H,2,19H2,1H3,(H,31,34). The Labute approximate surface area is 208 Å². The van der Waals surface area contributed by atoms with Crippen molar-refractivity contribution in [2.24, 2.45) is 0 Å². The maximum Gasteiger partial charge on any atom is 0.339 e. The predicted octanol–water partition coefficient (Wildman–Crippen LogP) is 5.58. The van der Waals surface area contributed by atoms with Gasteiger partial charge in [-0.05, 0) is 24.6 Å². The molecule has 0 fully saturated rings. The van der Waals surface area contributed by atoms with Crippen LogP contribution in [0.3, 0.4) is 0 Å². The molecule has 0 bridgehead atoms. The van der Waals surface area contributed by atoms with Gasteiger partial charge in [-0.1, -0.05) is 78.9 Å². The summed E-state index contributed by atoms with van der Waals surface area (Å²) >= 11 is 0. The largest absolute Gasteiger partial charge is 0.452 e. The van der Waals surface area contributed by atoms with Crippen LogP contribution < -0.4 is 5.32 Å². The monoisotopic (exact) mass is 476 g/mol. The van der Waals surface area contributed by atoms with Crippen molar-refractivity contribution in [1.29, 1.82) is 0 Å². The number of carbonyl (C=O) groups is 2. The zero-order valence-electron chi connectivity index (χ0n) is 19.7. The first-order chi connectivity index (χ1) is 17.6. The third-order valence-corrected chi connectivity index (χ3v) is 5.82. The van der Waals surface area contributed by atoms with E-state index < -0.39 is 18.5 Å². The third kappa shape index (κ3) is 4.72. The fourth-order valence-corrected chi connectivity index (χ4v) is 4.06. The molecule has 0 aliphatic carbocycles. The first kappa shape index (κ1) is 23.0. The Kier molecular flexibility index (Phi) is 6.53. The van der Waals surface area contributed by atoms with Gasteiger partial charge in [-0.2, -0.15) is 5.10 Å². The third-order valence-electron chi connectivity index (χ3n) is 5.82. The minimum absolute atomic E-state index is 0.316. The van der Waals surface area contributed by atoms with E-state index in [-0.39, 0.29) is 0 Å². The number of benzene rings is 3. The lowest BCUT2D eigenvalue weighted by molar-refractivity contribution is -0.119. The number of anilines is 1. The van der Waals surface area contributed by atoms with Crippen LogP contribution in [0.4, 0.5) is 5.69 Å². The molecule has 5 rings (SSSR count). The minimum atomic E-state index is -0.610. The molecule has 0 unspecified atom stereocenters. The molecule has 3 aromatic carbocycles. The normalized spacial score (nSPS) is 10.8. The molecular formula is C29H24N4O3. The zero-order valence-corrected chi connectivity index (χ0v) is 19.7. The summed E-state index contributed by atoms with van der Waals surface area (Å²) in [4.78, 5) is 30.6. The molecule has 36 heavy (non-hydrogen) atoms. The van der Waals surface area contributed by atoms with Crippen molar-refractivity contribution in [3.05, 3.63) is 103 Å². The van der Waals surface area contributed by atoms with Gasteiger partial charge in [0.15, 0.2) is 12.3 Å². The first-order valence-corrected chi connectivity index (χ1v) is 11.7. The number of nitrogens with one attached hydrogen (secondary N) is 1. The number of aryl methyl sites for hydroxylation is 1. The van der Waals surface area contributed by atoms with Crippen molar-refractivity contribution in [3.63, 3.8) is 0 Å². The molecule has 0 aliphatic rings. The number of nitrogens with zero attached hydrogens (tertiary/aromatic N) is 3. The number of hydrogen-bond acceptors (Lipinski definition) is 5. The van der Waals surface area contributed by atoms with Crippen molar-refractivity contribution in [3.8, 4) is 22.4 Å². The Morgan fingerprint density at radius 2 is 1.56 bits per heavy atom. The van der Waals surface area contributed by atoms with Crippen molar-refractivity contribution in [1.82, 2.24) is 14.8 Å². The van der Waals surface area contributed by atoms with E-state index in [1.807, 2.05) is 91.9 Å². The Morgan fingerprint density at radius 3 is 2.28 bits per heavy atom. The number of rotatable bonds is 7. The van der Waals surface area contributed by atoms with Crippen molar-refractivity contribution in [2.45, 2.75) is 13.5 Å². The molecule has 1 amide bonds. The van der Waals surface area contributed by atoms with Gasteiger partial charge in [0.1, 0.15) is 0 Å². The minimum Gasteiger partial charge on any atom is -0.452 e. The van der Waals surface area contributed by atoms with E-state index in [0.717, 1.165) is 16.7 Å². The quantitative estimate of drug-likeness (QED) is 0.310.